The SMILES string of the molecule is CC1(c2cc(Cl)c(Nc3ccccc3C(=O)O)c(Cl)c2)C=CN=N1. The van der Waals surface area contributed by atoms with Gasteiger partial charge in [-0.25, -0.2) is 4.79 Å². The molecule has 0 radical (unpaired) electrons. The van der Waals surface area contributed by atoms with Gasteiger partial charge in [0.15, 0.2) is 0 Å². The van der Waals surface area contributed by atoms with Gasteiger partial charge >= 0.3 is 5.97 Å². The second kappa shape index (κ2) is 6.26. The van der Waals surface area contributed by atoms with Crippen LogP contribution in [0, 0.1) is 0 Å². The number of halogens is 2. The molecule has 1 unspecified atom stereocenters. The van der Waals surface area contributed by atoms with Crippen molar-refractivity contribution in [1.29, 1.82) is 0 Å². The van der Waals surface area contributed by atoms with E-state index >= 15 is 0 Å². The molecule has 24 heavy (non-hydrogen) atoms. The zero-order valence-corrected chi connectivity index (χ0v) is 14.1. The van der Waals surface area contributed by atoms with Crippen LogP contribution in [0.3, 0.4) is 0 Å². The number of benzene rings is 2. The summed E-state index contributed by atoms with van der Waals surface area (Å²) in [6.07, 6.45) is 3.47. The van der Waals surface area contributed by atoms with E-state index in [1.54, 1.807) is 36.5 Å². The molecular formula is C17H13Cl2N3O2. The second-order valence-electron chi connectivity index (χ2n) is 5.47. The number of aromatic carboxylic acids is 1. The lowest BCUT2D eigenvalue weighted by Gasteiger charge is -2.20. The molecule has 0 amide bonds. The van der Waals surface area contributed by atoms with Crippen LogP contribution in [0.15, 0.2) is 58.9 Å². The monoisotopic (exact) mass is 361 g/mol. The first-order valence-electron chi connectivity index (χ1n) is 7.09. The highest BCUT2D eigenvalue weighted by Gasteiger charge is 2.27. The van der Waals surface area contributed by atoms with Gasteiger partial charge in [-0.3, -0.25) is 0 Å². The average Bonchev–Trinajstić information content (AvgIpc) is 2.99. The minimum Gasteiger partial charge on any atom is -0.478 e. The smallest absolute Gasteiger partial charge is 0.337 e. The van der Waals surface area contributed by atoms with E-state index in [9.17, 15) is 9.90 Å². The van der Waals surface area contributed by atoms with Gasteiger partial charge in [-0.05, 0) is 42.8 Å². The lowest BCUT2D eigenvalue weighted by atomic mass is 9.93. The number of hydrogen-bond donors (Lipinski definition) is 2. The first kappa shape index (κ1) is 16.5. The fourth-order valence-corrected chi connectivity index (χ4v) is 3.00. The molecule has 0 saturated carbocycles. The summed E-state index contributed by atoms with van der Waals surface area (Å²) in [5.41, 5.74) is 1.18. The summed E-state index contributed by atoms with van der Waals surface area (Å²) in [4.78, 5) is 11.3. The minimum atomic E-state index is -1.04. The number of carboxylic acid groups (broad SMARTS) is 1. The van der Waals surface area contributed by atoms with Crippen molar-refractivity contribution in [2.45, 2.75) is 12.5 Å². The predicted molar refractivity (Wildman–Crippen MR) is 94.5 cm³/mol. The predicted octanol–water partition coefficient (Wildman–Crippen LogP) is 5.63. The Kier molecular flexibility index (Phi) is 4.30. The molecule has 5 nitrogen and oxygen atoms in total. The van der Waals surface area contributed by atoms with E-state index in [1.807, 2.05) is 13.0 Å². The second-order valence-corrected chi connectivity index (χ2v) is 6.28. The van der Waals surface area contributed by atoms with Crippen LogP contribution in [0.1, 0.15) is 22.8 Å². The molecular weight excluding hydrogens is 349 g/mol. The highest BCUT2D eigenvalue weighted by Crippen LogP contribution is 2.40. The molecule has 0 bridgehead atoms. The van der Waals surface area contributed by atoms with Crippen LogP contribution < -0.4 is 5.32 Å². The fraction of sp³-hybridized carbons (Fsp3) is 0.118. The Labute approximate surface area is 148 Å². The summed E-state index contributed by atoms with van der Waals surface area (Å²) in [6, 6.07) is 10.0. The molecule has 3 rings (SSSR count). The Morgan fingerprint density at radius 2 is 1.88 bits per heavy atom. The van der Waals surface area contributed by atoms with E-state index in [2.05, 4.69) is 15.5 Å². The van der Waals surface area contributed by atoms with Crippen molar-refractivity contribution in [2.24, 2.45) is 10.2 Å². The van der Waals surface area contributed by atoms with Crippen molar-refractivity contribution in [3.8, 4) is 0 Å². The van der Waals surface area contributed by atoms with Gasteiger partial charge in [-0.2, -0.15) is 10.2 Å². The Morgan fingerprint density at radius 3 is 2.46 bits per heavy atom. The largest absolute Gasteiger partial charge is 0.478 e. The number of nitrogens with one attached hydrogen (secondary N) is 1. The minimum absolute atomic E-state index is 0.133. The van der Waals surface area contributed by atoms with E-state index in [-0.39, 0.29) is 5.56 Å². The Bertz CT molecular complexity index is 843. The van der Waals surface area contributed by atoms with Crippen molar-refractivity contribution < 1.29 is 9.90 Å². The summed E-state index contributed by atoms with van der Waals surface area (Å²) < 4.78 is 0. The Hall–Kier alpha value is -2.37. The zero-order chi connectivity index (χ0) is 17.3. The van der Waals surface area contributed by atoms with Gasteiger partial charge in [0.05, 0.1) is 27.0 Å². The van der Waals surface area contributed by atoms with Crippen LogP contribution in [0.4, 0.5) is 11.4 Å². The number of rotatable bonds is 4. The molecule has 0 spiro atoms. The number of nitrogens with zero attached hydrogens (tertiary/aromatic N) is 2. The lowest BCUT2D eigenvalue weighted by Crippen LogP contribution is -2.13. The quantitative estimate of drug-likeness (QED) is 0.740. The molecule has 0 saturated heterocycles. The maximum Gasteiger partial charge on any atom is 0.337 e. The Balaban J connectivity index is 2.00. The fourth-order valence-electron chi connectivity index (χ4n) is 2.42. The number of azo groups is 1. The van der Waals surface area contributed by atoms with Gasteiger partial charge in [-0.1, -0.05) is 35.3 Å². The summed E-state index contributed by atoms with van der Waals surface area (Å²) in [5.74, 6) is -1.04. The highest BCUT2D eigenvalue weighted by atomic mass is 35.5. The maximum absolute atomic E-state index is 11.3. The van der Waals surface area contributed by atoms with E-state index in [1.165, 1.54) is 6.07 Å². The summed E-state index contributed by atoms with van der Waals surface area (Å²) >= 11 is 12.7. The third-order valence-electron chi connectivity index (χ3n) is 3.77. The summed E-state index contributed by atoms with van der Waals surface area (Å²) in [6.45, 7) is 1.90. The number of anilines is 2. The van der Waals surface area contributed by atoms with Crippen LogP contribution in [0.5, 0.6) is 0 Å². The maximum atomic E-state index is 11.3. The molecule has 1 aliphatic heterocycles. The van der Waals surface area contributed by atoms with Crippen LogP contribution in [-0.4, -0.2) is 11.1 Å². The van der Waals surface area contributed by atoms with Crippen molar-refractivity contribution >= 4 is 40.5 Å². The number of carboxylic acids is 1. The molecule has 2 aromatic carbocycles. The molecule has 0 fully saturated rings. The first-order valence-corrected chi connectivity index (χ1v) is 7.85. The molecule has 2 aromatic rings. The normalized spacial score (nSPS) is 18.8. The summed E-state index contributed by atoms with van der Waals surface area (Å²) in [7, 11) is 0. The van der Waals surface area contributed by atoms with Crippen LogP contribution in [0.25, 0.3) is 0 Å². The standard InChI is InChI=1S/C17H13Cl2N3O2/c1-17(6-7-20-22-17)10-8-12(18)15(13(19)9-10)21-14-5-3-2-4-11(14)16(23)24/h2-9,21H,1H3,(H,23,24). The zero-order valence-electron chi connectivity index (χ0n) is 12.6. The van der Waals surface area contributed by atoms with Crippen molar-refractivity contribution in [3.05, 3.63) is 69.8 Å². The van der Waals surface area contributed by atoms with E-state index in [0.717, 1.165) is 5.56 Å². The van der Waals surface area contributed by atoms with Gasteiger partial charge in [0.1, 0.15) is 5.54 Å². The van der Waals surface area contributed by atoms with E-state index in [4.69, 9.17) is 23.2 Å². The number of para-hydroxylation sites is 1. The number of carbonyl (C=O) groups is 1. The Morgan fingerprint density at radius 1 is 1.21 bits per heavy atom. The average molecular weight is 362 g/mol. The lowest BCUT2D eigenvalue weighted by molar-refractivity contribution is 0.0698. The van der Waals surface area contributed by atoms with Gasteiger partial charge in [-0.15, -0.1) is 0 Å². The molecule has 2 N–H and O–H groups in total. The molecule has 1 atom stereocenters. The van der Waals surface area contributed by atoms with Gasteiger partial charge < -0.3 is 10.4 Å². The van der Waals surface area contributed by atoms with Gasteiger partial charge in [0, 0.05) is 6.20 Å². The molecule has 1 heterocycles. The molecule has 1 aliphatic rings. The third kappa shape index (κ3) is 3.00. The van der Waals surface area contributed by atoms with Crippen molar-refractivity contribution in [3.63, 3.8) is 0 Å². The van der Waals surface area contributed by atoms with Crippen LogP contribution >= 0.6 is 23.2 Å². The van der Waals surface area contributed by atoms with Crippen molar-refractivity contribution in [2.75, 3.05) is 5.32 Å². The molecule has 7 heteroatoms. The highest BCUT2D eigenvalue weighted by molar-refractivity contribution is 6.39. The van der Waals surface area contributed by atoms with Gasteiger partial charge in [0.2, 0.25) is 0 Å². The first-order chi connectivity index (χ1) is 11.4. The van der Waals surface area contributed by atoms with E-state index in [0.29, 0.717) is 21.4 Å². The molecule has 0 aliphatic carbocycles. The molecule has 122 valence electrons. The third-order valence-corrected chi connectivity index (χ3v) is 4.37. The van der Waals surface area contributed by atoms with Crippen molar-refractivity contribution in [1.82, 2.24) is 0 Å². The number of hydrogen-bond acceptors (Lipinski definition) is 4. The molecule has 0 aromatic heterocycles. The van der Waals surface area contributed by atoms with Gasteiger partial charge in [0.25, 0.3) is 0 Å². The topological polar surface area (TPSA) is 74.0 Å². The van der Waals surface area contributed by atoms with Crippen LogP contribution in [0.2, 0.25) is 10.0 Å². The van der Waals surface area contributed by atoms with E-state index < -0.39 is 11.5 Å². The van der Waals surface area contributed by atoms with Crippen LogP contribution in [-0.2, 0) is 5.54 Å². The summed E-state index contributed by atoms with van der Waals surface area (Å²) in [5, 5.41) is 21.1.